The van der Waals surface area contributed by atoms with Crippen LogP contribution in [-0.4, -0.2) is 20.0 Å². The summed E-state index contributed by atoms with van der Waals surface area (Å²) in [4.78, 5) is 29.0. The van der Waals surface area contributed by atoms with Gasteiger partial charge in [-0.3, -0.25) is 14.9 Å². The molecule has 0 bridgehead atoms. The Morgan fingerprint density at radius 2 is 2.09 bits per heavy atom. The summed E-state index contributed by atoms with van der Waals surface area (Å²) in [6.07, 6.45) is 1.33. The van der Waals surface area contributed by atoms with Crippen LogP contribution in [0.4, 0.5) is 5.69 Å². The van der Waals surface area contributed by atoms with Gasteiger partial charge in [0, 0.05) is 18.3 Å². The normalized spacial score (nSPS) is 10.8. The fraction of sp³-hybridized carbons (Fsp3) is 0. The Balaban J connectivity index is 2.32. The largest absolute Gasteiger partial charge is 0.505 e. The molecule has 0 aliphatic heterocycles. The summed E-state index contributed by atoms with van der Waals surface area (Å²) >= 11 is 5.79. The fourth-order valence-electron chi connectivity index (χ4n) is 2.18. The number of H-pyrrole nitrogens is 1. The van der Waals surface area contributed by atoms with Gasteiger partial charge in [-0.1, -0.05) is 23.7 Å². The van der Waals surface area contributed by atoms with E-state index < -0.39 is 10.5 Å². The zero-order valence-electron chi connectivity index (χ0n) is 10.9. The smallest absolute Gasteiger partial charge is 0.270 e. The summed E-state index contributed by atoms with van der Waals surface area (Å²) in [7, 11) is 0. The highest BCUT2D eigenvalue weighted by molar-refractivity contribution is 6.31. The Kier molecular flexibility index (Phi) is 3.26. The van der Waals surface area contributed by atoms with Gasteiger partial charge in [-0.05, 0) is 11.6 Å². The van der Waals surface area contributed by atoms with Crippen molar-refractivity contribution in [2.24, 2.45) is 0 Å². The molecule has 0 fully saturated rings. The summed E-state index contributed by atoms with van der Waals surface area (Å²) < 4.78 is 0. The van der Waals surface area contributed by atoms with Crippen molar-refractivity contribution in [3.05, 3.63) is 62.0 Å². The number of aromatic amines is 1. The van der Waals surface area contributed by atoms with E-state index in [1.54, 1.807) is 0 Å². The first-order chi connectivity index (χ1) is 10.5. The van der Waals surface area contributed by atoms with Crippen molar-refractivity contribution in [3.63, 3.8) is 0 Å². The number of non-ortho nitro benzene ring substituents is 1. The number of benzene rings is 1. The number of hydrogen-bond donors (Lipinski definition) is 2. The minimum Gasteiger partial charge on any atom is -0.505 e. The number of nitrogens with zero attached hydrogens (tertiary/aromatic N) is 2. The van der Waals surface area contributed by atoms with Crippen LogP contribution in [0.5, 0.6) is 5.75 Å². The molecule has 110 valence electrons. The average Bonchev–Trinajstić information content (AvgIpc) is 2.47. The predicted octanol–water partition coefficient (Wildman–Crippen LogP) is 2.86. The Hall–Kier alpha value is -2.93. The van der Waals surface area contributed by atoms with Crippen molar-refractivity contribution in [1.29, 1.82) is 0 Å². The van der Waals surface area contributed by atoms with Crippen LogP contribution in [0.1, 0.15) is 0 Å². The molecule has 1 aromatic carbocycles. The van der Waals surface area contributed by atoms with Crippen molar-refractivity contribution in [1.82, 2.24) is 9.97 Å². The van der Waals surface area contributed by atoms with E-state index in [2.05, 4.69) is 9.97 Å². The number of fused-ring (bicyclic) bond motifs is 1. The molecule has 2 aromatic heterocycles. The number of halogens is 1. The van der Waals surface area contributed by atoms with Crippen LogP contribution in [0.3, 0.4) is 0 Å². The molecule has 0 saturated carbocycles. The number of hydrogen-bond acceptors (Lipinski definition) is 5. The number of aromatic nitrogens is 2. The van der Waals surface area contributed by atoms with E-state index in [1.807, 2.05) is 0 Å². The molecule has 7 nitrogen and oxygen atoms in total. The van der Waals surface area contributed by atoms with Gasteiger partial charge in [0.1, 0.15) is 5.52 Å². The van der Waals surface area contributed by atoms with Gasteiger partial charge in [-0.25, -0.2) is 4.98 Å². The van der Waals surface area contributed by atoms with Gasteiger partial charge < -0.3 is 10.1 Å². The molecule has 0 radical (unpaired) electrons. The standard InChI is InChI=1S/C14H8ClN3O4/c15-8-5-10-12(16-6-8)13(19)11(14(20)17-10)7-2-1-3-9(4-7)18(21)22/h1-6H,(H2,17,19,20). The third kappa shape index (κ3) is 2.27. The van der Waals surface area contributed by atoms with Gasteiger partial charge in [-0.15, -0.1) is 0 Å². The lowest BCUT2D eigenvalue weighted by atomic mass is 10.0. The molecular weight excluding hydrogens is 310 g/mol. The molecule has 0 unspecified atom stereocenters. The molecule has 3 aromatic rings. The van der Waals surface area contributed by atoms with Gasteiger partial charge in [0.25, 0.3) is 11.2 Å². The van der Waals surface area contributed by atoms with Crippen molar-refractivity contribution >= 4 is 28.3 Å². The van der Waals surface area contributed by atoms with E-state index >= 15 is 0 Å². The van der Waals surface area contributed by atoms with E-state index in [0.29, 0.717) is 5.02 Å². The Bertz CT molecular complexity index is 968. The average molecular weight is 318 g/mol. The number of pyridine rings is 2. The number of nitro groups is 1. The molecule has 22 heavy (non-hydrogen) atoms. The molecule has 0 spiro atoms. The molecule has 0 aliphatic rings. The van der Waals surface area contributed by atoms with E-state index in [4.69, 9.17) is 11.6 Å². The third-order valence-corrected chi connectivity index (χ3v) is 3.34. The summed E-state index contributed by atoms with van der Waals surface area (Å²) in [5.41, 5.74) is -0.178. The predicted molar refractivity (Wildman–Crippen MR) is 81.1 cm³/mol. The fourth-order valence-corrected chi connectivity index (χ4v) is 2.33. The second-order valence-electron chi connectivity index (χ2n) is 4.53. The molecule has 3 rings (SSSR count). The molecule has 2 N–H and O–H groups in total. The Morgan fingerprint density at radius 3 is 2.82 bits per heavy atom. The number of aromatic hydroxyl groups is 1. The van der Waals surface area contributed by atoms with E-state index in [0.717, 1.165) is 0 Å². The van der Waals surface area contributed by atoms with Crippen molar-refractivity contribution in [2.45, 2.75) is 0 Å². The Labute approximate surface area is 128 Å². The third-order valence-electron chi connectivity index (χ3n) is 3.14. The minimum atomic E-state index is -0.588. The topological polar surface area (TPSA) is 109 Å². The highest BCUT2D eigenvalue weighted by Crippen LogP contribution is 2.32. The summed E-state index contributed by atoms with van der Waals surface area (Å²) in [5, 5.41) is 21.5. The second-order valence-corrected chi connectivity index (χ2v) is 4.97. The van der Waals surface area contributed by atoms with Gasteiger partial charge >= 0.3 is 0 Å². The van der Waals surface area contributed by atoms with Crippen LogP contribution in [-0.2, 0) is 0 Å². The molecule has 8 heteroatoms. The summed E-state index contributed by atoms with van der Waals surface area (Å²) in [6, 6.07) is 6.91. The van der Waals surface area contributed by atoms with Crippen molar-refractivity contribution in [2.75, 3.05) is 0 Å². The maximum Gasteiger partial charge on any atom is 0.270 e. The molecule has 0 aliphatic carbocycles. The van der Waals surface area contributed by atoms with Crippen molar-refractivity contribution < 1.29 is 10.0 Å². The highest BCUT2D eigenvalue weighted by Gasteiger charge is 2.17. The molecular formula is C14H8ClN3O4. The molecule has 0 atom stereocenters. The molecule has 2 heterocycles. The van der Waals surface area contributed by atoms with Crippen LogP contribution < -0.4 is 5.56 Å². The number of nitro benzene ring substituents is 1. The summed E-state index contributed by atoms with van der Waals surface area (Å²) in [5.74, 6) is -0.351. The van der Waals surface area contributed by atoms with E-state index in [9.17, 15) is 20.0 Å². The number of nitrogens with one attached hydrogen (secondary N) is 1. The SMILES string of the molecule is O=c1[nH]c2cc(Cl)cnc2c(O)c1-c1cccc([N+](=O)[O-])c1. The second kappa shape index (κ2) is 5.12. The molecule has 0 amide bonds. The lowest BCUT2D eigenvalue weighted by Gasteiger charge is -2.07. The quantitative estimate of drug-likeness (QED) is 0.558. The van der Waals surface area contributed by atoms with Crippen LogP contribution in [0, 0.1) is 10.1 Å². The van der Waals surface area contributed by atoms with Crippen LogP contribution in [0.25, 0.3) is 22.2 Å². The lowest BCUT2D eigenvalue weighted by Crippen LogP contribution is -2.10. The van der Waals surface area contributed by atoms with Gasteiger partial charge in [0.05, 0.1) is 21.0 Å². The van der Waals surface area contributed by atoms with Crippen LogP contribution >= 0.6 is 11.6 Å². The van der Waals surface area contributed by atoms with Crippen LogP contribution in [0.15, 0.2) is 41.3 Å². The first kappa shape index (κ1) is 14.0. The van der Waals surface area contributed by atoms with Gasteiger partial charge in [-0.2, -0.15) is 0 Å². The molecule has 0 saturated heterocycles. The van der Waals surface area contributed by atoms with E-state index in [1.165, 1.54) is 36.5 Å². The Morgan fingerprint density at radius 1 is 1.32 bits per heavy atom. The first-order valence-corrected chi connectivity index (χ1v) is 6.50. The van der Waals surface area contributed by atoms with Crippen LogP contribution in [0.2, 0.25) is 5.02 Å². The number of rotatable bonds is 2. The summed E-state index contributed by atoms with van der Waals surface area (Å²) in [6.45, 7) is 0. The first-order valence-electron chi connectivity index (χ1n) is 6.12. The highest BCUT2D eigenvalue weighted by atomic mass is 35.5. The maximum absolute atomic E-state index is 12.2. The van der Waals surface area contributed by atoms with Gasteiger partial charge in [0.15, 0.2) is 5.75 Å². The monoisotopic (exact) mass is 317 g/mol. The van der Waals surface area contributed by atoms with E-state index in [-0.39, 0.29) is 33.6 Å². The van der Waals surface area contributed by atoms with Gasteiger partial charge in [0.2, 0.25) is 0 Å². The minimum absolute atomic E-state index is 0.0778. The maximum atomic E-state index is 12.2. The van der Waals surface area contributed by atoms with Crippen molar-refractivity contribution in [3.8, 4) is 16.9 Å². The lowest BCUT2D eigenvalue weighted by molar-refractivity contribution is -0.384. The zero-order valence-corrected chi connectivity index (χ0v) is 11.7. The zero-order chi connectivity index (χ0) is 15.9.